The normalized spacial score (nSPS) is 24.6. The van der Waals surface area contributed by atoms with Gasteiger partial charge in [0.2, 0.25) is 12.2 Å². The van der Waals surface area contributed by atoms with Crippen molar-refractivity contribution in [2.24, 2.45) is 5.73 Å². The molecule has 5 rings (SSSR count). The minimum absolute atomic E-state index is 0.0442. The second-order valence-corrected chi connectivity index (χ2v) is 11.6. The number of aliphatic hydroxyl groups excluding tert-OH is 3. The van der Waals surface area contributed by atoms with E-state index in [2.05, 4.69) is 9.97 Å². The van der Waals surface area contributed by atoms with E-state index in [1.165, 1.54) is 6.07 Å². The molecule has 0 amide bonds. The number of benzene rings is 1. The highest BCUT2D eigenvalue weighted by atomic mass is 19.3. The van der Waals surface area contributed by atoms with Gasteiger partial charge in [-0.3, -0.25) is 4.98 Å². The fourth-order valence-electron chi connectivity index (χ4n) is 4.96. The SMILES string of the molecule is CC(C)(O)c1ccc([C@@H](Cc2ccc(O[C@@H]3OC(CO)[C@@H](O)[C@@H](O)C3N)nc2)c2ccc(OC(F)F)c(OC3CC3)c2)cn1. The van der Waals surface area contributed by atoms with E-state index in [4.69, 9.17) is 24.7 Å². The highest BCUT2D eigenvalue weighted by Crippen LogP contribution is 2.39. The Morgan fingerprint density at radius 2 is 1.73 bits per heavy atom. The van der Waals surface area contributed by atoms with E-state index in [9.17, 15) is 29.2 Å². The van der Waals surface area contributed by atoms with Crippen molar-refractivity contribution in [3.05, 3.63) is 77.2 Å². The molecule has 0 spiro atoms. The monoisotopic (exact) mass is 617 g/mol. The van der Waals surface area contributed by atoms with Gasteiger partial charge >= 0.3 is 6.61 Å². The summed E-state index contributed by atoms with van der Waals surface area (Å²) in [5.74, 6) is 0.0230. The first-order valence-electron chi connectivity index (χ1n) is 14.4. The average Bonchev–Trinajstić information content (AvgIpc) is 3.81. The molecule has 2 unspecified atom stereocenters. The summed E-state index contributed by atoms with van der Waals surface area (Å²) >= 11 is 0. The quantitative estimate of drug-likeness (QED) is 0.202. The number of hydrogen-bond donors (Lipinski definition) is 5. The number of nitrogens with two attached hydrogens (primary N) is 1. The molecule has 1 aliphatic heterocycles. The van der Waals surface area contributed by atoms with Gasteiger partial charge in [0.15, 0.2) is 11.5 Å². The lowest BCUT2D eigenvalue weighted by molar-refractivity contribution is -0.240. The third kappa shape index (κ3) is 7.60. The van der Waals surface area contributed by atoms with Crippen LogP contribution in [0.4, 0.5) is 8.78 Å². The molecule has 238 valence electrons. The maximum Gasteiger partial charge on any atom is 0.387 e. The first kappa shape index (κ1) is 31.9. The van der Waals surface area contributed by atoms with Crippen LogP contribution >= 0.6 is 0 Å². The molecule has 1 aliphatic carbocycles. The Hall–Kier alpha value is -3.46. The molecule has 2 fully saturated rings. The second-order valence-electron chi connectivity index (χ2n) is 11.6. The number of pyridine rings is 2. The van der Waals surface area contributed by atoms with Crippen LogP contribution < -0.4 is 19.9 Å². The topological polar surface area (TPSA) is 170 Å². The number of hydrogen-bond acceptors (Lipinski definition) is 11. The van der Waals surface area contributed by atoms with Crippen LogP contribution in [0.25, 0.3) is 0 Å². The maximum atomic E-state index is 13.1. The van der Waals surface area contributed by atoms with Gasteiger partial charge in [-0.1, -0.05) is 18.2 Å². The second kappa shape index (κ2) is 13.3. The largest absolute Gasteiger partial charge is 0.487 e. The standard InChI is InChI=1S/C31H37F2N3O8/c1-31(2,40)24-9-5-18(14-35-24)20(17-4-8-21(43-30(32)33)22(12-17)41-19-6-7-19)11-16-3-10-25(36-13-16)44-29-26(34)28(39)27(38)23(15-37)42-29/h3-5,8-10,12-14,19-20,23,26-30,37-40H,6-7,11,15,34H2,1-2H3/t20-,23?,26?,27+,28-,29-/m0/s1. The van der Waals surface area contributed by atoms with Crippen LogP contribution in [-0.4, -0.2) is 80.4 Å². The maximum absolute atomic E-state index is 13.1. The molecular weight excluding hydrogens is 580 g/mol. The molecule has 6 atom stereocenters. The molecule has 1 saturated carbocycles. The predicted octanol–water partition coefficient (Wildman–Crippen LogP) is 2.37. The van der Waals surface area contributed by atoms with E-state index < -0.39 is 49.5 Å². The van der Waals surface area contributed by atoms with Crippen molar-refractivity contribution in [3.8, 4) is 17.4 Å². The zero-order valence-electron chi connectivity index (χ0n) is 24.3. The van der Waals surface area contributed by atoms with Crippen LogP contribution in [0.2, 0.25) is 0 Å². The molecule has 0 bridgehead atoms. The van der Waals surface area contributed by atoms with Crippen molar-refractivity contribution >= 4 is 0 Å². The molecule has 44 heavy (non-hydrogen) atoms. The highest BCUT2D eigenvalue weighted by Gasteiger charge is 2.43. The Kier molecular flexibility index (Phi) is 9.63. The molecule has 11 nitrogen and oxygen atoms in total. The smallest absolute Gasteiger partial charge is 0.387 e. The fraction of sp³-hybridized carbons (Fsp3) is 0.484. The number of alkyl halides is 2. The summed E-state index contributed by atoms with van der Waals surface area (Å²) in [6.45, 7) is -0.251. The summed E-state index contributed by atoms with van der Waals surface area (Å²) in [6, 6.07) is 10.8. The average molecular weight is 618 g/mol. The van der Waals surface area contributed by atoms with Gasteiger partial charge in [0.1, 0.15) is 23.9 Å². The van der Waals surface area contributed by atoms with Gasteiger partial charge in [0, 0.05) is 24.4 Å². The Bertz CT molecular complexity index is 1380. The zero-order chi connectivity index (χ0) is 31.6. The number of rotatable bonds is 12. The number of aliphatic hydroxyl groups is 4. The van der Waals surface area contributed by atoms with Crippen LogP contribution in [0.1, 0.15) is 55.0 Å². The van der Waals surface area contributed by atoms with Gasteiger partial charge < -0.3 is 45.1 Å². The minimum atomic E-state index is -3.00. The molecule has 6 N–H and O–H groups in total. The Morgan fingerprint density at radius 3 is 2.32 bits per heavy atom. The van der Waals surface area contributed by atoms with Crippen LogP contribution in [0.15, 0.2) is 54.9 Å². The van der Waals surface area contributed by atoms with Crippen molar-refractivity contribution in [1.29, 1.82) is 0 Å². The Labute approximate surface area is 253 Å². The minimum Gasteiger partial charge on any atom is -0.487 e. The van der Waals surface area contributed by atoms with Crippen molar-refractivity contribution in [2.45, 2.75) is 88.0 Å². The molecule has 1 aromatic carbocycles. The van der Waals surface area contributed by atoms with E-state index in [0.717, 1.165) is 29.5 Å². The zero-order valence-corrected chi connectivity index (χ0v) is 24.3. The summed E-state index contributed by atoms with van der Waals surface area (Å²) in [7, 11) is 0. The van der Waals surface area contributed by atoms with Gasteiger partial charge in [-0.05, 0) is 68.0 Å². The number of ether oxygens (including phenoxy) is 4. The van der Waals surface area contributed by atoms with Gasteiger partial charge in [0.25, 0.3) is 0 Å². The van der Waals surface area contributed by atoms with E-state index in [0.29, 0.717) is 12.1 Å². The molecule has 2 aromatic heterocycles. The molecule has 2 aliphatic rings. The van der Waals surface area contributed by atoms with Crippen LogP contribution in [-0.2, 0) is 16.8 Å². The van der Waals surface area contributed by atoms with Crippen molar-refractivity contribution < 1.29 is 48.2 Å². The van der Waals surface area contributed by atoms with Crippen LogP contribution in [0, 0.1) is 0 Å². The molecule has 3 aromatic rings. The Morgan fingerprint density at radius 1 is 0.977 bits per heavy atom. The molecule has 1 saturated heterocycles. The number of nitrogens with zero attached hydrogens (tertiary/aromatic N) is 2. The molecule has 3 heterocycles. The van der Waals surface area contributed by atoms with Crippen molar-refractivity contribution in [1.82, 2.24) is 9.97 Å². The lowest BCUT2D eigenvalue weighted by Gasteiger charge is -2.40. The van der Waals surface area contributed by atoms with E-state index >= 15 is 0 Å². The summed E-state index contributed by atoms with van der Waals surface area (Å²) in [5, 5.41) is 40.1. The first-order chi connectivity index (χ1) is 20.9. The van der Waals surface area contributed by atoms with E-state index in [1.807, 2.05) is 6.07 Å². The number of aromatic nitrogens is 2. The van der Waals surface area contributed by atoms with Crippen molar-refractivity contribution in [2.75, 3.05) is 6.61 Å². The summed E-state index contributed by atoms with van der Waals surface area (Å²) in [6.07, 6.45) is 0.356. The summed E-state index contributed by atoms with van der Waals surface area (Å²) in [5.41, 5.74) is 7.70. The summed E-state index contributed by atoms with van der Waals surface area (Å²) in [4.78, 5) is 8.82. The molecular formula is C31H37F2N3O8. The lowest BCUT2D eigenvalue weighted by atomic mass is 9.86. The molecule has 0 radical (unpaired) electrons. The van der Waals surface area contributed by atoms with Crippen LogP contribution in [0.5, 0.6) is 17.4 Å². The highest BCUT2D eigenvalue weighted by molar-refractivity contribution is 5.47. The third-order valence-electron chi connectivity index (χ3n) is 7.62. The fourth-order valence-corrected chi connectivity index (χ4v) is 4.96. The predicted molar refractivity (Wildman–Crippen MR) is 152 cm³/mol. The van der Waals surface area contributed by atoms with Gasteiger partial charge in [-0.15, -0.1) is 0 Å². The van der Waals surface area contributed by atoms with E-state index in [1.54, 1.807) is 56.6 Å². The number of halogens is 2. The van der Waals surface area contributed by atoms with Gasteiger partial charge in [0.05, 0.1) is 24.4 Å². The first-order valence-corrected chi connectivity index (χ1v) is 14.4. The van der Waals surface area contributed by atoms with Crippen LogP contribution in [0.3, 0.4) is 0 Å². The van der Waals surface area contributed by atoms with Crippen molar-refractivity contribution in [3.63, 3.8) is 0 Å². The summed E-state index contributed by atoms with van der Waals surface area (Å²) < 4.78 is 48.1. The Balaban J connectivity index is 1.40. The van der Waals surface area contributed by atoms with Gasteiger partial charge in [-0.2, -0.15) is 8.78 Å². The third-order valence-corrected chi connectivity index (χ3v) is 7.62. The van der Waals surface area contributed by atoms with Gasteiger partial charge in [-0.25, -0.2) is 4.98 Å². The van der Waals surface area contributed by atoms with E-state index in [-0.39, 0.29) is 29.4 Å². The lowest BCUT2D eigenvalue weighted by Crippen LogP contribution is -2.63. The molecule has 13 heteroatoms.